The molecule has 15 heavy (non-hydrogen) atoms. The van der Waals surface area contributed by atoms with Crippen molar-refractivity contribution < 1.29 is 0 Å². The minimum atomic E-state index is 0.149. The molecule has 1 heterocycles. The van der Waals surface area contributed by atoms with E-state index in [9.17, 15) is 0 Å². The maximum absolute atomic E-state index is 5.85. The molecular weight excluding hydrogens is 206 g/mol. The zero-order valence-corrected chi connectivity index (χ0v) is 10.9. The molecule has 0 atom stereocenters. The molecule has 0 saturated heterocycles. The first-order valence-electron chi connectivity index (χ1n) is 5.15. The molecular formula is C11H19N3S. The van der Waals surface area contributed by atoms with E-state index in [1.807, 2.05) is 13.8 Å². The van der Waals surface area contributed by atoms with E-state index in [2.05, 4.69) is 30.7 Å². The first kappa shape index (κ1) is 12.3. The zero-order valence-electron chi connectivity index (χ0n) is 10.1. The summed E-state index contributed by atoms with van der Waals surface area (Å²) in [5, 5.41) is 1.01. The molecule has 84 valence electrons. The van der Waals surface area contributed by atoms with Crippen LogP contribution in [0.25, 0.3) is 0 Å². The molecule has 0 aliphatic heterocycles. The second kappa shape index (κ2) is 4.39. The van der Waals surface area contributed by atoms with Crippen LogP contribution < -0.4 is 5.73 Å². The first-order chi connectivity index (χ1) is 6.83. The number of nitrogens with two attached hydrogens (primary N) is 1. The normalized spacial score (nSPS) is 11.8. The number of aromatic nitrogens is 2. The van der Waals surface area contributed by atoms with Crippen molar-refractivity contribution in [3.63, 3.8) is 0 Å². The number of hydrogen-bond donors (Lipinski definition) is 1. The summed E-state index contributed by atoms with van der Waals surface area (Å²) in [4.78, 5) is 8.74. The zero-order chi connectivity index (χ0) is 11.6. The number of rotatable bonds is 2. The third kappa shape index (κ3) is 3.38. The van der Waals surface area contributed by atoms with E-state index in [-0.39, 0.29) is 4.75 Å². The first-order valence-corrected chi connectivity index (χ1v) is 5.97. The van der Waals surface area contributed by atoms with Gasteiger partial charge in [-0.05, 0) is 6.92 Å². The van der Waals surface area contributed by atoms with E-state index in [0.29, 0.717) is 5.82 Å². The average molecular weight is 225 g/mol. The number of anilines is 1. The third-order valence-corrected chi connectivity index (χ3v) is 3.11. The molecule has 1 aromatic heterocycles. The molecule has 2 N–H and O–H groups in total. The summed E-state index contributed by atoms with van der Waals surface area (Å²) >= 11 is 1.74. The van der Waals surface area contributed by atoms with Crippen LogP contribution in [0.4, 0.5) is 5.82 Å². The Morgan fingerprint density at radius 3 is 2.33 bits per heavy atom. The Morgan fingerprint density at radius 1 is 1.27 bits per heavy atom. The highest BCUT2D eigenvalue weighted by molar-refractivity contribution is 8.00. The van der Waals surface area contributed by atoms with Crippen LogP contribution in [-0.2, 0) is 6.42 Å². The number of hydrogen-bond acceptors (Lipinski definition) is 4. The van der Waals surface area contributed by atoms with Gasteiger partial charge >= 0.3 is 0 Å². The van der Waals surface area contributed by atoms with Crippen LogP contribution in [0.2, 0.25) is 0 Å². The number of aryl methyl sites for hydroxylation is 1. The highest BCUT2D eigenvalue weighted by atomic mass is 32.2. The van der Waals surface area contributed by atoms with Gasteiger partial charge in [-0.3, -0.25) is 0 Å². The molecule has 0 fully saturated rings. The second-order valence-corrected chi connectivity index (χ2v) is 6.34. The van der Waals surface area contributed by atoms with Crippen molar-refractivity contribution in [3.8, 4) is 0 Å². The van der Waals surface area contributed by atoms with Crippen LogP contribution in [0.1, 0.15) is 39.1 Å². The lowest BCUT2D eigenvalue weighted by Gasteiger charge is -2.19. The van der Waals surface area contributed by atoms with Gasteiger partial charge in [-0.2, -0.15) is 0 Å². The lowest BCUT2D eigenvalue weighted by molar-refractivity contribution is 0.791. The van der Waals surface area contributed by atoms with Crippen molar-refractivity contribution in [2.45, 2.75) is 50.8 Å². The molecule has 0 radical (unpaired) electrons. The Kier molecular flexibility index (Phi) is 3.60. The number of thioether (sulfide) groups is 1. The molecule has 0 amide bonds. The van der Waals surface area contributed by atoms with Crippen LogP contribution >= 0.6 is 11.8 Å². The molecule has 0 aliphatic carbocycles. The highest BCUT2D eigenvalue weighted by Crippen LogP contribution is 2.33. The van der Waals surface area contributed by atoms with Crippen LogP contribution in [-0.4, -0.2) is 14.7 Å². The Labute approximate surface area is 95.9 Å². The lowest BCUT2D eigenvalue weighted by Crippen LogP contribution is -2.11. The maximum Gasteiger partial charge on any atom is 0.131 e. The van der Waals surface area contributed by atoms with E-state index in [0.717, 1.165) is 22.8 Å². The fourth-order valence-corrected chi connectivity index (χ4v) is 2.09. The van der Waals surface area contributed by atoms with Gasteiger partial charge in [-0.25, -0.2) is 9.97 Å². The van der Waals surface area contributed by atoms with Crippen LogP contribution in [0, 0.1) is 6.92 Å². The predicted octanol–water partition coefficient (Wildman–Crippen LogP) is 2.82. The Morgan fingerprint density at radius 2 is 1.87 bits per heavy atom. The van der Waals surface area contributed by atoms with Crippen LogP contribution in [0.3, 0.4) is 0 Å². The largest absolute Gasteiger partial charge is 0.383 e. The molecule has 0 spiro atoms. The fourth-order valence-electron chi connectivity index (χ4n) is 1.11. The second-order valence-electron chi connectivity index (χ2n) is 4.52. The smallest absolute Gasteiger partial charge is 0.131 e. The topological polar surface area (TPSA) is 51.8 Å². The molecule has 0 saturated carbocycles. The Balaban J connectivity index is 3.11. The average Bonchev–Trinajstić information content (AvgIpc) is 2.10. The summed E-state index contributed by atoms with van der Waals surface area (Å²) in [6, 6.07) is 0. The Bertz CT molecular complexity index is 356. The maximum atomic E-state index is 5.85. The van der Waals surface area contributed by atoms with E-state index >= 15 is 0 Å². The van der Waals surface area contributed by atoms with Gasteiger partial charge in [-0.1, -0.05) is 27.7 Å². The van der Waals surface area contributed by atoms with Gasteiger partial charge in [0.25, 0.3) is 0 Å². The van der Waals surface area contributed by atoms with Gasteiger partial charge in [0.1, 0.15) is 16.7 Å². The molecule has 0 unspecified atom stereocenters. The summed E-state index contributed by atoms with van der Waals surface area (Å²) in [5.41, 5.74) is 6.84. The minimum absolute atomic E-state index is 0.149. The molecule has 4 heteroatoms. The summed E-state index contributed by atoms with van der Waals surface area (Å²) < 4.78 is 0.149. The highest BCUT2D eigenvalue weighted by Gasteiger charge is 2.17. The molecule has 1 aromatic rings. The Hall–Kier alpha value is -0.770. The van der Waals surface area contributed by atoms with E-state index in [4.69, 9.17) is 5.73 Å². The van der Waals surface area contributed by atoms with Gasteiger partial charge in [0, 0.05) is 16.7 Å². The number of nitrogens with zero attached hydrogens (tertiary/aromatic N) is 2. The summed E-state index contributed by atoms with van der Waals surface area (Å²) in [7, 11) is 0. The monoisotopic (exact) mass is 225 g/mol. The molecule has 0 aromatic carbocycles. The quantitative estimate of drug-likeness (QED) is 0.621. The van der Waals surface area contributed by atoms with Gasteiger partial charge < -0.3 is 5.73 Å². The van der Waals surface area contributed by atoms with Crippen LogP contribution in [0.5, 0.6) is 0 Å². The SMILES string of the molecule is CCc1nc(N)c(C)c(SC(C)(C)C)n1. The van der Waals surface area contributed by atoms with Gasteiger partial charge in [0.05, 0.1) is 0 Å². The van der Waals surface area contributed by atoms with Crippen molar-refractivity contribution in [1.82, 2.24) is 9.97 Å². The lowest BCUT2D eigenvalue weighted by atomic mass is 10.3. The van der Waals surface area contributed by atoms with E-state index in [1.165, 1.54) is 0 Å². The third-order valence-electron chi connectivity index (χ3n) is 1.90. The van der Waals surface area contributed by atoms with E-state index < -0.39 is 0 Å². The van der Waals surface area contributed by atoms with Crippen molar-refractivity contribution in [3.05, 3.63) is 11.4 Å². The molecule has 1 rings (SSSR count). The van der Waals surface area contributed by atoms with Gasteiger partial charge in [0.2, 0.25) is 0 Å². The minimum Gasteiger partial charge on any atom is -0.383 e. The summed E-state index contributed by atoms with van der Waals surface area (Å²) in [6.07, 6.45) is 0.822. The van der Waals surface area contributed by atoms with E-state index in [1.54, 1.807) is 11.8 Å². The van der Waals surface area contributed by atoms with Crippen LogP contribution in [0.15, 0.2) is 5.03 Å². The van der Waals surface area contributed by atoms with Gasteiger partial charge in [-0.15, -0.1) is 11.8 Å². The van der Waals surface area contributed by atoms with Crippen molar-refractivity contribution in [2.24, 2.45) is 0 Å². The predicted molar refractivity (Wildman–Crippen MR) is 66.2 cm³/mol. The van der Waals surface area contributed by atoms with Crippen molar-refractivity contribution in [2.75, 3.05) is 5.73 Å². The standard InChI is InChI=1S/C11H19N3S/c1-6-8-13-9(12)7(2)10(14-8)15-11(3,4)5/h6H2,1-5H3,(H2,12,13,14). The van der Waals surface area contributed by atoms with Crippen molar-refractivity contribution in [1.29, 1.82) is 0 Å². The molecule has 3 nitrogen and oxygen atoms in total. The summed E-state index contributed by atoms with van der Waals surface area (Å²) in [6.45, 7) is 10.5. The van der Waals surface area contributed by atoms with Crippen molar-refractivity contribution >= 4 is 17.6 Å². The molecule has 0 aliphatic rings. The van der Waals surface area contributed by atoms with Gasteiger partial charge in [0.15, 0.2) is 0 Å². The number of nitrogen functional groups attached to an aromatic ring is 1. The summed E-state index contributed by atoms with van der Waals surface area (Å²) in [5.74, 6) is 1.43. The molecule has 0 bridgehead atoms. The fraction of sp³-hybridized carbons (Fsp3) is 0.636.